The molecule has 0 atom stereocenters. The number of carbonyl (C=O) groups is 1. The third-order valence-electron chi connectivity index (χ3n) is 5.05. The molecule has 1 N–H and O–H groups in total. The third kappa shape index (κ3) is 4.71. The number of hydrogen-bond acceptors (Lipinski definition) is 8. The lowest BCUT2D eigenvalue weighted by Crippen LogP contribution is -2.44. The van der Waals surface area contributed by atoms with E-state index in [1.807, 2.05) is 19.1 Å². The van der Waals surface area contributed by atoms with Crippen LogP contribution in [-0.2, 0) is 6.54 Å². The van der Waals surface area contributed by atoms with Gasteiger partial charge in [0, 0.05) is 41.7 Å². The molecule has 4 rings (SSSR count). The van der Waals surface area contributed by atoms with E-state index in [2.05, 4.69) is 20.4 Å². The van der Waals surface area contributed by atoms with Gasteiger partial charge in [-0.2, -0.15) is 4.98 Å². The van der Waals surface area contributed by atoms with Gasteiger partial charge in [-0.1, -0.05) is 5.16 Å². The van der Waals surface area contributed by atoms with Crippen LogP contribution in [-0.4, -0.2) is 45.0 Å². The molecule has 1 aliphatic heterocycles. The molecular weight excluding hydrogens is 406 g/mol. The van der Waals surface area contributed by atoms with Crippen LogP contribution in [0.4, 0.5) is 5.69 Å². The van der Waals surface area contributed by atoms with E-state index in [1.54, 1.807) is 12.1 Å². The number of nitro benzene ring substituents is 1. The second-order valence-corrected chi connectivity index (χ2v) is 8.54. The van der Waals surface area contributed by atoms with Gasteiger partial charge in [-0.25, -0.2) is 0 Å². The molecule has 0 radical (unpaired) electrons. The number of amides is 1. The van der Waals surface area contributed by atoms with Crippen molar-refractivity contribution in [2.24, 2.45) is 0 Å². The molecule has 1 aromatic carbocycles. The number of nitrogens with one attached hydrogen (secondary N) is 1. The Balaban J connectivity index is 1.28. The predicted molar refractivity (Wildman–Crippen MR) is 111 cm³/mol. The summed E-state index contributed by atoms with van der Waals surface area (Å²) in [5.74, 6) is 0.907. The Bertz CT molecular complexity index is 1040. The van der Waals surface area contributed by atoms with Gasteiger partial charge in [-0.15, -0.1) is 11.3 Å². The zero-order valence-electron chi connectivity index (χ0n) is 16.4. The molecule has 1 fully saturated rings. The molecule has 0 bridgehead atoms. The summed E-state index contributed by atoms with van der Waals surface area (Å²) < 4.78 is 5.35. The van der Waals surface area contributed by atoms with Crippen molar-refractivity contribution in [2.45, 2.75) is 32.4 Å². The highest BCUT2D eigenvalue weighted by molar-refractivity contribution is 7.13. The lowest BCUT2D eigenvalue weighted by atomic mass is 10.0. The smallest absolute Gasteiger partial charge is 0.269 e. The summed E-state index contributed by atoms with van der Waals surface area (Å²) in [5, 5.41) is 17.9. The highest BCUT2D eigenvalue weighted by Gasteiger charge is 2.23. The van der Waals surface area contributed by atoms with Crippen LogP contribution in [0.5, 0.6) is 0 Å². The first-order valence-corrected chi connectivity index (χ1v) is 10.5. The van der Waals surface area contributed by atoms with E-state index in [0.717, 1.165) is 35.7 Å². The summed E-state index contributed by atoms with van der Waals surface area (Å²) in [5.41, 5.74) is 0.687. The first-order valence-electron chi connectivity index (χ1n) is 9.65. The number of rotatable bonds is 6. The van der Waals surface area contributed by atoms with Crippen molar-refractivity contribution in [3.05, 3.63) is 62.2 Å². The van der Waals surface area contributed by atoms with E-state index >= 15 is 0 Å². The molecule has 1 saturated heterocycles. The number of likely N-dealkylation sites (tertiary alicyclic amines) is 1. The molecule has 156 valence electrons. The Morgan fingerprint density at radius 1 is 1.27 bits per heavy atom. The molecule has 0 spiro atoms. The van der Waals surface area contributed by atoms with Crippen LogP contribution in [0, 0.1) is 17.0 Å². The highest BCUT2D eigenvalue weighted by atomic mass is 32.1. The van der Waals surface area contributed by atoms with Crippen molar-refractivity contribution >= 4 is 22.9 Å². The van der Waals surface area contributed by atoms with Crippen LogP contribution in [0.1, 0.15) is 33.3 Å². The number of benzene rings is 1. The summed E-state index contributed by atoms with van der Waals surface area (Å²) in [4.78, 5) is 31.1. The quantitative estimate of drug-likeness (QED) is 0.473. The Morgan fingerprint density at radius 2 is 2.00 bits per heavy atom. The van der Waals surface area contributed by atoms with E-state index in [0.29, 0.717) is 23.8 Å². The fraction of sp³-hybridized carbons (Fsp3) is 0.350. The van der Waals surface area contributed by atoms with Crippen molar-refractivity contribution in [3.63, 3.8) is 0 Å². The van der Waals surface area contributed by atoms with Gasteiger partial charge in [0.15, 0.2) is 0 Å². The van der Waals surface area contributed by atoms with Gasteiger partial charge in [0.1, 0.15) is 0 Å². The molecule has 0 aliphatic carbocycles. The molecular formula is C20H21N5O4S. The fourth-order valence-electron chi connectivity index (χ4n) is 3.41. The molecule has 2 aromatic heterocycles. The largest absolute Gasteiger partial charge is 0.349 e. The molecule has 1 aliphatic rings. The average Bonchev–Trinajstić information content (AvgIpc) is 3.39. The van der Waals surface area contributed by atoms with E-state index in [9.17, 15) is 14.9 Å². The predicted octanol–water partition coefficient (Wildman–Crippen LogP) is 3.41. The van der Waals surface area contributed by atoms with Crippen LogP contribution in [0.25, 0.3) is 11.4 Å². The number of thiophene rings is 1. The third-order valence-corrected chi connectivity index (χ3v) is 6.05. The summed E-state index contributed by atoms with van der Waals surface area (Å²) in [7, 11) is 0. The number of aromatic nitrogens is 2. The molecule has 9 nitrogen and oxygen atoms in total. The maximum atomic E-state index is 12.3. The number of nitro groups is 1. The SMILES string of the molecule is Cc1ccc(C(=O)NC2CCN(Cc3nc(-c4ccc([N+](=O)[O-])cc4)no3)CC2)s1. The van der Waals surface area contributed by atoms with E-state index in [4.69, 9.17) is 4.52 Å². The Labute approximate surface area is 176 Å². The van der Waals surface area contributed by atoms with Crippen LogP contribution < -0.4 is 5.32 Å². The van der Waals surface area contributed by atoms with Gasteiger partial charge >= 0.3 is 0 Å². The lowest BCUT2D eigenvalue weighted by Gasteiger charge is -2.31. The number of carbonyl (C=O) groups excluding carboxylic acids is 1. The van der Waals surface area contributed by atoms with Gasteiger partial charge in [-0.3, -0.25) is 19.8 Å². The maximum absolute atomic E-state index is 12.3. The van der Waals surface area contributed by atoms with Gasteiger partial charge in [-0.05, 0) is 44.0 Å². The number of nitrogens with zero attached hydrogens (tertiary/aromatic N) is 4. The number of piperidine rings is 1. The molecule has 3 aromatic rings. The first-order chi connectivity index (χ1) is 14.5. The fourth-order valence-corrected chi connectivity index (χ4v) is 4.18. The zero-order valence-corrected chi connectivity index (χ0v) is 17.2. The monoisotopic (exact) mass is 427 g/mol. The molecule has 30 heavy (non-hydrogen) atoms. The highest BCUT2D eigenvalue weighted by Crippen LogP contribution is 2.21. The zero-order chi connectivity index (χ0) is 21.1. The second kappa shape index (κ2) is 8.72. The number of non-ortho nitro benzene ring substituents is 1. The van der Waals surface area contributed by atoms with Crippen LogP contribution in [0.2, 0.25) is 0 Å². The van der Waals surface area contributed by atoms with Crippen molar-refractivity contribution in [3.8, 4) is 11.4 Å². The minimum absolute atomic E-state index is 0.00353. The average molecular weight is 427 g/mol. The lowest BCUT2D eigenvalue weighted by molar-refractivity contribution is -0.384. The van der Waals surface area contributed by atoms with Crippen molar-refractivity contribution in [2.75, 3.05) is 13.1 Å². The molecule has 1 amide bonds. The summed E-state index contributed by atoms with van der Waals surface area (Å²) >= 11 is 1.51. The normalized spacial score (nSPS) is 15.2. The van der Waals surface area contributed by atoms with Crippen LogP contribution in [0.15, 0.2) is 40.9 Å². The van der Waals surface area contributed by atoms with Crippen LogP contribution in [0.3, 0.4) is 0 Å². The topological polar surface area (TPSA) is 114 Å². The summed E-state index contributed by atoms with van der Waals surface area (Å²) in [6.07, 6.45) is 1.72. The minimum Gasteiger partial charge on any atom is -0.349 e. The van der Waals surface area contributed by atoms with Gasteiger partial charge in [0.2, 0.25) is 11.7 Å². The van der Waals surface area contributed by atoms with Crippen molar-refractivity contribution in [1.29, 1.82) is 0 Å². The molecule has 0 saturated carbocycles. The molecule has 3 heterocycles. The van der Waals surface area contributed by atoms with Gasteiger partial charge in [0.25, 0.3) is 11.6 Å². The minimum atomic E-state index is -0.445. The summed E-state index contributed by atoms with van der Waals surface area (Å²) in [6.45, 7) is 4.17. The Kier molecular flexibility index (Phi) is 5.86. The van der Waals surface area contributed by atoms with E-state index in [1.165, 1.54) is 23.5 Å². The van der Waals surface area contributed by atoms with Crippen LogP contribution >= 0.6 is 11.3 Å². The van der Waals surface area contributed by atoms with Crippen molar-refractivity contribution < 1.29 is 14.2 Å². The molecule has 10 heteroatoms. The van der Waals surface area contributed by atoms with E-state index < -0.39 is 4.92 Å². The maximum Gasteiger partial charge on any atom is 0.269 e. The Hall–Kier alpha value is -3.11. The van der Waals surface area contributed by atoms with Gasteiger partial charge < -0.3 is 9.84 Å². The van der Waals surface area contributed by atoms with E-state index in [-0.39, 0.29) is 17.6 Å². The summed E-state index contributed by atoms with van der Waals surface area (Å²) in [6, 6.07) is 10.0. The standard InChI is InChI=1S/C20H21N5O4S/c1-13-2-7-17(30-13)20(26)21-15-8-10-24(11-9-15)12-18-22-19(23-29-18)14-3-5-16(6-4-14)25(27)28/h2-7,15H,8-12H2,1H3,(H,21,26). The molecule has 0 unspecified atom stereocenters. The number of hydrogen-bond donors (Lipinski definition) is 1. The van der Waals surface area contributed by atoms with Crippen molar-refractivity contribution in [1.82, 2.24) is 20.4 Å². The second-order valence-electron chi connectivity index (χ2n) is 7.25. The Morgan fingerprint density at radius 3 is 2.63 bits per heavy atom. The first kappa shape index (κ1) is 20.2. The number of aryl methyl sites for hydroxylation is 1. The van der Waals surface area contributed by atoms with Gasteiger partial charge in [0.05, 0.1) is 16.3 Å².